The Kier molecular flexibility index (Phi) is 14.9. The van der Waals surface area contributed by atoms with E-state index in [0.717, 1.165) is 28.4 Å². The Bertz CT molecular complexity index is 1760. The highest BCUT2D eigenvalue weighted by molar-refractivity contribution is 7.15. The van der Waals surface area contributed by atoms with Crippen LogP contribution in [0.3, 0.4) is 0 Å². The number of carbonyl (C=O) groups is 4. The van der Waals surface area contributed by atoms with Crippen LogP contribution in [-0.4, -0.2) is 62.9 Å². The lowest BCUT2D eigenvalue weighted by molar-refractivity contribution is -0.152. The average Bonchev–Trinajstić information content (AvgIpc) is 3.76. The fourth-order valence-corrected chi connectivity index (χ4v) is 6.45. The van der Waals surface area contributed by atoms with Crippen LogP contribution in [0.25, 0.3) is 0 Å². The molecule has 0 spiro atoms. The van der Waals surface area contributed by atoms with Gasteiger partial charge in [0.15, 0.2) is 0 Å². The number of carbonyl (C=O) groups excluding carboxylic acids is 4. The summed E-state index contributed by atoms with van der Waals surface area (Å²) in [6.45, 7) is 8.92. The number of rotatable bonds is 19. The minimum atomic E-state index is -1.18. The number of benzene rings is 2. The van der Waals surface area contributed by atoms with Crippen molar-refractivity contribution < 1.29 is 28.7 Å². The minimum Gasteiger partial charge on any atom is -0.464 e. The number of anilines is 2. The Balaban J connectivity index is 1.26. The average molecular weight is 750 g/mol. The van der Waals surface area contributed by atoms with Gasteiger partial charge in [-0.3, -0.25) is 29.8 Å². The summed E-state index contributed by atoms with van der Waals surface area (Å²) in [6.07, 6.45) is 3.16. The highest BCUT2D eigenvalue weighted by Crippen LogP contribution is 2.25. The summed E-state index contributed by atoms with van der Waals surface area (Å²) in [5.41, 5.74) is 6.41. The van der Waals surface area contributed by atoms with E-state index in [-0.39, 0.29) is 49.3 Å². The zero-order valence-corrected chi connectivity index (χ0v) is 31.8. The largest absolute Gasteiger partial charge is 0.464 e. The van der Waals surface area contributed by atoms with Crippen LogP contribution >= 0.6 is 22.7 Å². The molecule has 0 fully saturated rings. The molecule has 15 heteroatoms. The van der Waals surface area contributed by atoms with E-state index in [0.29, 0.717) is 28.7 Å². The Morgan fingerprint density at radius 3 is 1.58 bits per heavy atom. The highest BCUT2D eigenvalue weighted by atomic mass is 32.1. The molecule has 0 aliphatic heterocycles. The summed E-state index contributed by atoms with van der Waals surface area (Å²) in [7, 11) is 0. The van der Waals surface area contributed by atoms with Crippen molar-refractivity contribution in [3.8, 4) is 0 Å². The summed E-state index contributed by atoms with van der Waals surface area (Å²) in [5.74, 6) is -3.06. The number of nitrogens with zero attached hydrogens (tertiary/aromatic N) is 4. The van der Waals surface area contributed by atoms with Gasteiger partial charge in [-0.05, 0) is 42.7 Å². The van der Waals surface area contributed by atoms with Gasteiger partial charge in [0, 0.05) is 19.3 Å². The molecule has 13 nitrogen and oxygen atoms in total. The molecule has 0 radical (unpaired) electrons. The number of amides is 2. The van der Waals surface area contributed by atoms with Crippen molar-refractivity contribution in [3.05, 3.63) is 81.8 Å². The van der Waals surface area contributed by atoms with E-state index in [4.69, 9.17) is 15.2 Å². The van der Waals surface area contributed by atoms with E-state index in [1.165, 1.54) is 22.7 Å². The molecule has 0 saturated heterocycles. The number of hydrogen-bond donors (Lipinski definition) is 3. The number of nitrogens with two attached hydrogens (primary N) is 1. The minimum absolute atomic E-state index is 0.0696. The van der Waals surface area contributed by atoms with Crippen LogP contribution in [0.4, 0.5) is 10.3 Å². The first-order chi connectivity index (χ1) is 24.8. The van der Waals surface area contributed by atoms with Crippen molar-refractivity contribution in [1.29, 1.82) is 0 Å². The molecular weight excluding hydrogens is 703 g/mol. The van der Waals surface area contributed by atoms with Crippen molar-refractivity contribution in [3.63, 3.8) is 0 Å². The number of nitrogens with one attached hydrogen (secondary N) is 2. The van der Waals surface area contributed by atoms with Crippen LogP contribution in [0, 0.1) is 11.8 Å². The number of ether oxygens (including phenoxy) is 2. The van der Waals surface area contributed by atoms with Crippen LogP contribution in [0.2, 0.25) is 0 Å². The molecule has 2 unspecified atom stereocenters. The lowest BCUT2D eigenvalue weighted by atomic mass is 9.90. The maximum Gasteiger partial charge on any atom is 0.326 e. The molecule has 2 amide bonds. The third kappa shape index (κ3) is 12.0. The van der Waals surface area contributed by atoms with E-state index < -0.39 is 23.3 Å². The standard InChI is InChI=1S/C37H47N7O6S2/c1-23(2)20-31(45)49-21-27(25-14-8-6-9-15-25)32(46)39-35-43-41-29(51-35)18-12-13-19-30-42-44-36(52-30)40-33(47)28(26-16-10-7-11-17-26)22-50-34(48)37(5,38)24(3)4/h6-11,14-17,23-24,27-28H,12-13,18-22,38H2,1-5H3,(H,39,43,46)(H,40,44,47)/t27?,28?,37-/m1/s1. The number of esters is 2. The van der Waals surface area contributed by atoms with Crippen molar-refractivity contribution in [2.75, 3.05) is 23.8 Å². The van der Waals surface area contributed by atoms with Gasteiger partial charge in [-0.25, -0.2) is 0 Å². The summed E-state index contributed by atoms with van der Waals surface area (Å²) < 4.78 is 11.0. The Morgan fingerprint density at radius 1 is 0.712 bits per heavy atom. The van der Waals surface area contributed by atoms with Gasteiger partial charge in [-0.1, -0.05) is 111 Å². The van der Waals surface area contributed by atoms with Gasteiger partial charge in [0.2, 0.25) is 22.1 Å². The van der Waals surface area contributed by atoms with E-state index in [1.54, 1.807) is 19.1 Å². The van der Waals surface area contributed by atoms with Crippen molar-refractivity contribution in [2.24, 2.45) is 17.6 Å². The maximum atomic E-state index is 13.4. The Morgan fingerprint density at radius 2 is 1.15 bits per heavy atom. The van der Waals surface area contributed by atoms with Gasteiger partial charge < -0.3 is 15.2 Å². The quantitative estimate of drug-likeness (QED) is 0.0764. The fraction of sp³-hybridized carbons (Fsp3) is 0.459. The summed E-state index contributed by atoms with van der Waals surface area (Å²) in [4.78, 5) is 51.5. The lowest BCUT2D eigenvalue weighted by Gasteiger charge is -2.27. The van der Waals surface area contributed by atoms with Gasteiger partial charge in [-0.2, -0.15) is 0 Å². The summed E-state index contributed by atoms with van der Waals surface area (Å²) >= 11 is 2.59. The molecule has 2 aromatic heterocycles. The molecule has 4 rings (SSSR count). The highest BCUT2D eigenvalue weighted by Gasteiger charge is 2.35. The van der Waals surface area contributed by atoms with E-state index in [9.17, 15) is 19.2 Å². The zero-order valence-electron chi connectivity index (χ0n) is 30.2. The number of hydrogen-bond acceptors (Lipinski definition) is 13. The molecule has 278 valence electrons. The van der Waals surface area contributed by atoms with E-state index >= 15 is 0 Å². The molecule has 0 bridgehead atoms. The molecule has 52 heavy (non-hydrogen) atoms. The topological polar surface area (TPSA) is 188 Å². The molecule has 3 atom stereocenters. The second-order valence-electron chi connectivity index (χ2n) is 13.4. The van der Waals surface area contributed by atoms with Gasteiger partial charge in [0.1, 0.15) is 28.8 Å². The molecular formula is C37H47N7O6S2. The summed E-state index contributed by atoms with van der Waals surface area (Å²) in [6, 6.07) is 18.3. The fourth-order valence-electron chi connectivity index (χ4n) is 4.88. The third-order valence-electron chi connectivity index (χ3n) is 8.47. The van der Waals surface area contributed by atoms with E-state index in [2.05, 4.69) is 31.0 Å². The number of unbranched alkanes of at least 4 members (excludes halogenated alkanes) is 1. The van der Waals surface area contributed by atoms with E-state index in [1.807, 2.05) is 76.2 Å². The molecule has 0 saturated carbocycles. The smallest absolute Gasteiger partial charge is 0.326 e. The second-order valence-corrected chi connectivity index (χ2v) is 15.6. The van der Waals surface area contributed by atoms with Crippen LogP contribution in [-0.2, 0) is 41.5 Å². The molecule has 4 aromatic rings. The Hall–Kier alpha value is -4.60. The molecule has 0 aliphatic carbocycles. The maximum absolute atomic E-state index is 13.4. The third-order valence-corrected chi connectivity index (χ3v) is 10.3. The summed E-state index contributed by atoms with van der Waals surface area (Å²) in [5, 5.41) is 24.7. The van der Waals surface area contributed by atoms with Crippen molar-refractivity contribution >= 4 is 56.7 Å². The predicted molar refractivity (Wildman–Crippen MR) is 201 cm³/mol. The molecule has 4 N–H and O–H groups in total. The second kappa shape index (κ2) is 19.3. The van der Waals surface area contributed by atoms with Gasteiger partial charge >= 0.3 is 11.9 Å². The Labute approximate surface area is 312 Å². The lowest BCUT2D eigenvalue weighted by Crippen LogP contribution is -2.51. The first kappa shape index (κ1) is 40.2. The van der Waals surface area contributed by atoms with Gasteiger partial charge in [-0.15, -0.1) is 20.4 Å². The number of aromatic nitrogens is 4. The number of aryl methyl sites for hydroxylation is 2. The van der Waals surface area contributed by atoms with Crippen LogP contribution in [0.1, 0.15) is 86.9 Å². The van der Waals surface area contributed by atoms with Crippen molar-refractivity contribution in [1.82, 2.24) is 20.4 Å². The monoisotopic (exact) mass is 749 g/mol. The normalized spacial score (nSPS) is 13.6. The van der Waals surface area contributed by atoms with Crippen LogP contribution in [0.5, 0.6) is 0 Å². The van der Waals surface area contributed by atoms with Crippen molar-refractivity contribution in [2.45, 2.75) is 84.1 Å². The first-order valence-electron chi connectivity index (χ1n) is 17.3. The SMILES string of the molecule is CC(C)CC(=O)OCC(C(=O)Nc1nnc(CCCCc2nnc(NC(=O)C(COC(=O)[C@](C)(N)C(C)C)c3ccccc3)s2)s1)c1ccccc1. The zero-order chi connectivity index (χ0) is 37.7. The first-order valence-corrected chi connectivity index (χ1v) is 18.9. The van der Waals surface area contributed by atoms with Crippen LogP contribution in [0.15, 0.2) is 60.7 Å². The predicted octanol–water partition coefficient (Wildman–Crippen LogP) is 5.91. The van der Waals surface area contributed by atoms with Gasteiger partial charge in [0.25, 0.3) is 0 Å². The molecule has 0 aliphatic rings. The van der Waals surface area contributed by atoms with Crippen LogP contribution < -0.4 is 16.4 Å². The molecule has 2 heterocycles. The molecule has 2 aromatic carbocycles. The van der Waals surface area contributed by atoms with Gasteiger partial charge in [0.05, 0.1) is 11.8 Å².